The molecule has 1 N–H and O–H groups in total. The predicted octanol–water partition coefficient (Wildman–Crippen LogP) is 5.22. The molecule has 0 bridgehead atoms. The number of nitrogens with one attached hydrogen (secondary N) is 1. The van der Waals surface area contributed by atoms with Crippen molar-refractivity contribution in [3.05, 3.63) is 48.2 Å². The molecule has 0 spiro atoms. The number of methoxy groups -OCH3 is 1. The van der Waals surface area contributed by atoms with E-state index in [1.807, 2.05) is 19.1 Å². The molecule has 0 unspecified atom stereocenters. The minimum absolute atomic E-state index is 0.0885. The van der Waals surface area contributed by atoms with Crippen molar-refractivity contribution in [2.75, 3.05) is 33.4 Å². The second-order valence-electron chi connectivity index (χ2n) is 8.37. The Bertz CT molecular complexity index is 1280. The van der Waals surface area contributed by atoms with Gasteiger partial charge in [0.2, 0.25) is 5.88 Å². The van der Waals surface area contributed by atoms with E-state index in [9.17, 15) is 4.39 Å². The van der Waals surface area contributed by atoms with E-state index in [0.29, 0.717) is 29.0 Å². The Morgan fingerprint density at radius 3 is 2.70 bits per heavy atom. The number of aryl methyl sites for hydroxylation is 1. The zero-order chi connectivity index (χ0) is 22.8. The number of hydrogen-bond acceptors (Lipinski definition) is 6. The van der Waals surface area contributed by atoms with Crippen molar-refractivity contribution in [3.8, 4) is 23.1 Å². The zero-order valence-corrected chi connectivity index (χ0v) is 18.9. The Kier molecular flexibility index (Phi) is 6.00. The first-order valence-corrected chi connectivity index (χ1v) is 11.3. The fraction of sp³-hybridized carbons (Fsp3) is 0.360. The molecule has 4 aromatic rings. The highest BCUT2D eigenvalue weighted by molar-refractivity contribution is 5.87. The number of ether oxygens (including phenoxy) is 3. The summed E-state index contributed by atoms with van der Waals surface area (Å²) < 4.78 is 32.1. The summed E-state index contributed by atoms with van der Waals surface area (Å²) in [7, 11) is 1.59. The average Bonchev–Trinajstić information content (AvgIpc) is 3.45. The fourth-order valence-corrected chi connectivity index (χ4v) is 4.33. The third-order valence-corrected chi connectivity index (χ3v) is 5.97. The van der Waals surface area contributed by atoms with Gasteiger partial charge in [0.25, 0.3) is 0 Å². The number of aromatic amines is 1. The highest BCUT2D eigenvalue weighted by Crippen LogP contribution is 2.37. The first-order chi connectivity index (χ1) is 16.1. The lowest BCUT2D eigenvalue weighted by Crippen LogP contribution is -2.21. The molecule has 3 heterocycles. The maximum absolute atomic E-state index is 14.7. The first kappa shape index (κ1) is 21.5. The van der Waals surface area contributed by atoms with Gasteiger partial charge in [-0.05, 0) is 57.5 Å². The summed E-state index contributed by atoms with van der Waals surface area (Å²) in [6.45, 7) is 5.90. The molecular formula is C25H27FN4O3. The Labute approximate surface area is 191 Å². The van der Waals surface area contributed by atoms with Crippen molar-refractivity contribution in [2.45, 2.75) is 26.2 Å². The van der Waals surface area contributed by atoms with Gasteiger partial charge < -0.3 is 24.1 Å². The van der Waals surface area contributed by atoms with Gasteiger partial charge >= 0.3 is 0 Å². The van der Waals surface area contributed by atoms with Crippen molar-refractivity contribution in [1.82, 2.24) is 19.9 Å². The summed E-state index contributed by atoms with van der Waals surface area (Å²) in [6.07, 6.45) is 4.91. The van der Waals surface area contributed by atoms with Crippen LogP contribution in [0.5, 0.6) is 23.1 Å². The van der Waals surface area contributed by atoms with Crippen molar-refractivity contribution in [3.63, 3.8) is 0 Å². The van der Waals surface area contributed by atoms with E-state index >= 15 is 0 Å². The van der Waals surface area contributed by atoms with E-state index in [-0.39, 0.29) is 11.6 Å². The van der Waals surface area contributed by atoms with Gasteiger partial charge in [0.15, 0.2) is 23.1 Å². The van der Waals surface area contributed by atoms with Crippen molar-refractivity contribution >= 4 is 21.8 Å². The molecule has 1 aliphatic rings. The monoisotopic (exact) mass is 450 g/mol. The number of likely N-dealkylation sites (tertiary alicyclic amines) is 1. The quantitative estimate of drug-likeness (QED) is 0.371. The van der Waals surface area contributed by atoms with Gasteiger partial charge in [0.05, 0.1) is 24.6 Å². The van der Waals surface area contributed by atoms with E-state index in [0.717, 1.165) is 29.6 Å². The summed E-state index contributed by atoms with van der Waals surface area (Å²) in [5, 5.41) is 1.40. The number of halogens is 1. The van der Waals surface area contributed by atoms with Gasteiger partial charge in [0, 0.05) is 35.3 Å². The summed E-state index contributed by atoms with van der Waals surface area (Å²) >= 11 is 0. The second-order valence-corrected chi connectivity index (χ2v) is 8.37. The van der Waals surface area contributed by atoms with Crippen molar-refractivity contribution in [2.24, 2.45) is 0 Å². The van der Waals surface area contributed by atoms with Crippen LogP contribution in [0.15, 0.2) is 36.7 Å². The largest absolute Gasteiger partial charge is 0.493 e. The van der Waals surface area contributed by atoms with Crippen LogP contribution in [0.4, 0.5) is 4.39 Å². The molecule has 1 fully saturated rings. The molecular weight excluding hydrogens is 423 g/mol. The minimum atomic E-state index is -0.460. The lowest BCUT2D eigenvalue weighted by molar-refractivity contribution is 0.254. The molecule has 2 aromatic heterocycles. The molecule has 0 radical (unpaired) electrons. The van der Waals surface area contributed by atoms with Crippen molar-refractivity contribution < 1.29 is 18.6 Å². The predicted molar refractivity (Wildman–Crippen MR) is 125 cm³/mol. The van der Waals surface area contributed by atoms with Crippen LogP contribution in [0.25, 0.3) is 21.8 Å². The molecule has 0 saturated carbocycles. The molecule has 33 heavy (non-hydrogen) atoms. The minimum Gasteiger partial charge on any atom is -0.493 e. The standard InChI is InChI=1S/C25H27FN4O3/c1-16-10-17-11-19(26)22(13-20(17)29-16)33-25-18-12-23(31-2)24(14-21(18)27-15-28-25)32-9-5-8-30-6-3-4-7-30/h10-15,29H,3-9H2,1-2H3. The van der Waals surface area contributed by atoms with E-state index < -0.39 is 5.82 Å². The third kappa shape index (κ3) is 4.57. The molecule has 1 saturated heterocycles. The summed E-state index contributed by atoms with van der Waals surface area (Å²) in [5.41, 5.74) is 2.38. The van der Waals surface area contributed by atoms with E-state index in [4.69, 9.17) is 14.2 Å². The van der Waals surface area contributed by atoms with E-state index in [2.05, 4.69) is 19.9 Å². The van der Waals surface area contributed by atoms with Gasteiger partial charge in [-0.1, -0.05) is 0 Å². The van der Waals surface area contributed by atoms with Gasteiger partial charge in [-0.15, -0.1) is 0 Å². The second kappa shape index (κ2) is 9.23. The van der Waals surface area contributed by atoms with Crippen LogP contribution < -0.4 is 14.2 Å². The highest BCUT2D eigenvalue weighted by atomic mass is 19.1. The van der Waals surface area contributed by atoms with Crippen LogP contribution in [0.2, 0.25) is 0 Å². The Morgan fingerprint density at radius 1 is 1.03 bits per heavy atom. The maximum Gasteiger partial charge on any atom is 0.230 e. The van der Waals surface area contributed by atoms with Gasteiger partial charge in [-0.2, -0.15) is 0 Å². The maximum atomic E-state index is 14.7. The van der Waals surface area contributed by atoms with Gasteiger partial charge in [0.1, 0.15) is 6.33 Å². The Hall–Kier alpha value is -3.39. The number of nitrogens with zero attached hydrogens (tertiary/aromatic N) is 3. The zero-order valence-electron chi connectivity index (χ0n) is 18.9. The SMILES string of the molecule is COc1cc2c(Oc3cc4[nH]c(C)cc4cc3F)ncnc2cc1OCCCN1CCCC1. The summed E-state index contributed by atoms with van der Waals surface area (Å²) in [6, 6.07) is 8.56. The van der Waals surface area contributed by atoms with Crippen LogP contribution >= 0.6 is 0 Å². The number of aromatic nitrogens is 3. The molecule has 0 atom stereocenters. The lowest BCUT2D eigenvalue weighted by atomic mass is 10.2. The number of H-pyrrole nitrogens is 1. The number of benzene rings is 2. The molecule has 8 heteroatoms. The summed E-state index contributed by atoms with van der Waals surface area (Å²) in [5.74, 6) is 1.05. The van der Waals surface area contributed by atoms with Gasteiger partial charge in [-0.25, -0.2) is 14.4 Å². The van der Waals surface area contributed by atoms with Crippen molar-refractivity contribution in [1.29, 1.82) is 0 Å². The average molecular weight is 451 g/mol. The Morgan fingerprint density at radius 2 is 1.88 bits per heavy atom. The molecule has 0 aliphatic carbocycles. The van der Waals surface area contributed by atoms with E-state index in [1.165, 1.54) is 38.3 Å². The molecule has 5 rings (SSSR count). The molecule has 2 aromatic carbocycles. The fourth-order valence-electron chi connectivity index (χ4n) is 4.33. The van der Waals surface area contributed by atoms with Crippen LogP contribution in [0, 0.1) is 12.7 Å². The topological polar surface area (TPSA) is 72.5 Å². The Balaban J connectivity index is 1.38. The number of fused-ring (bicyclic) bond motifs is 2. The molecule has 1 aliphatic heterocycles. The molecule has 0 amide bonds. The molecule has 172 valence electrons. The van der Waals surface area contributed by atoms with Gasteiger partial charge in [-0.3, -0.25) is 0 Å². The first-order valence-electron chi connectivity index (χ1n) is 11.3. The highest BCUT2D eigenvalue weighted by Gasteiger charge is 2.16. The van der Waals surface area contributed by atoms with Crippen LogP contribution in [0.3, 0.4) is 0 Å². The smallest absolute Gasteiger partial charge is 0.230 e. The summed E-state index contributed by atoms with van der Waals surface area (Å²) in [4.78, 5) is 14.3. The van der Waals surface area contributed by atoms with Crippen LogP contribution in [-0.4, -0.2) is 53.2 Å². The molecule has 7 nitrogen and oxygen atoms in total. The van der Waals surface area contributed by atoms with E-state index in [1.54, 1.807) is 19.2 Å². The normalized spacial score (nSPS) is 14.3. The van der Waals surface area contributed by atoms with Crippen LogP contribution in [-0.2, 0) is 0 Å². The lowest BCUT2D eigenvalue weighted by Gasteiger charge is -2.16. The third-order valence-electron chi connectivity index (χ3n) is 5.97. The van der Waals surface area contributed by atoms with Crippen LogP contribution in [0.1, 0.15) is 25.0 Å². The number of rotatable bonds is 8. The number of hydrogen-bond donors (Lipinski definition) is 1.